The van der Waals surface area contributed by atoms with E-state index >= 15 is 0 Å². The van der Waals surface area contributed by atoms with E-state index in [1.807, 2.05) is 11.0 Å². The van der Waals surface area contributed by atoms with Crippen molar-refractivity contribution in [2.24, 2.45) is 11.8 Å². The number of amides is 2. The first-order valence-electron chi connectivity index (χ1n) is 14.1. The van der Waals surface area contributed by atoms with Gasteiger partial charge in [0.2, 0.25) is 11.8 Å². The molecule has 0 radical (unpaired) electrons. The quantitative estimate of drug-likeness (QED) is 0.539. The fourth-order valence-electron chi connectivity index (χ4n) is 6.58. The van der Waals surface area contributed by atoms with E-state index in [1.54, 1.807) is 17.2 Å². The van der Waals surface area contributed by atoms with E-state index in [9.17, 15) is 22.8 Å². The largest absolute Gasteiger partial charge is 0.402 e. The predicted molar refractivity (Wildman–Crippen MR) is 139 cm³/mol. The fourth-order valence-corrected chi connectivity index (χ4v) is 6.58. The molecule has 4 heterocycles. The maximum Gasteiger partial charge on any atom is 0.402 e. The monoisotopic (exact) mass is 563 g/mol. The molecule has 1 saturated carbocycles. The highest BCUT2D eigenvalue weighted by molar-refractivity contribution is 5.80. The summed E-state index contributed by atoms with van der Waals surface area (Å²) in [5.41, 5.74) is 5.25. The maximum absolute atomic E-state index is 13.7. The second-order valence-electron chi connectivity index (χ2n) is 11.1. The zero-order valence-corrected chi connectivity index (χ0v) is 22.4. The molecule has 40 heavy (non-hydrogen) atoms. The van der Waals surface area contributed by atoms with Crippen molar-refractivity contribution in [3.05, 3.63) is 23.9 Å². The molecule has 218 valence electrons. The van der Waals surface area contributed by atoms with E-state index in [-0.39, 0.29) is 30.5 Å². The number of nitrogens with one attached hydrogen (secondary N) is 2. The molecule has 1 aromatic rings. The summed E-state index contributed by atoms with van der Waals surface area (Å²) in [7, 11) is 0. The third-order valence-electron chi connectivity index (χ3n) is 8.68. The third kappa shape index (κ3) is 6.34. The Bertz CT molecular complexity index is 1090. The van der Waals surface area contributed by atoms with Gasteiger partial charge in [-0.15, -0.1) is 0 Å². The molecular formula is C27H36F3N7O3. The van der Waals surface area contributed by atoms with Gasteiger partial charge in [0.05, 0.1) is 18.3 Å². The molecule has 0 spiro atoms. The topological polar surface area (TPSA) is 114 Å². The Hall–Kier alpha value is -2.95. The highest BCUT2D eigenvalue weighted by Crippen LogP contribution is 2.36. The fraction of sp³-hybridized carbons (Fsp3) is 0.704. The van der Waals surface area contributed by atoms with E-state index in [0.29, 0.717) is 51.3 Å². The summed E-state index contributed by atoms with van der Waals surface area (Å²) >= 11 is 0. The Balaban J connectivity index is 1.11. The van der Waals surface area contributed by atoms with Crippen LogP contribution in [0.15, 0.2) is 18.3 Å². The number of halogens is 3. The van der Waals surface area contributed by atoms with Crippen LogP contribution in [0.25, 0.3) is 0 Å². The number of ether oxygens (including phenoxy) is 1. The lowest BCUT2D eigenvalue weighted by molar-refractivity contribution is -0.202. The molecule has 3 aliphatic heterocycles. The number of anilines is 1. The van der Waals surface area contributed by atoms with Crippen LogP contribution < -0.4 is 15.8 Å². The third-order valence-corrected chi connectivity index (χ3v) is 8.68. The van der Waals surface area contributed by atoms with Crippen molar-refractivity contribution in [3.8, 4) is 6.07 Å². The van der Waals surface area contributed by atoms with Crippen LogP contribution in [-0.2, 0) is 14.3 Å². The van der Waals surface area contributed by atoms with Crippen molar-refractivity contribution >= 4 is 17.6 Å². The number of nitriles is 1. The average Bonchev–Trinajstić information content (AvgIpc) is 3.44. The van der Waals surface area contributed by atoms with Gasteiger partial charge in [0, 0.05) is 56.9 Å². The van der Waals surface area contributed by atoms with Gasteiger partial charge in [-0.3, -0.25) is 19.9 Å². The summed E-state index contributed by atoms with van der Waals surface area (Å²) in [6.07, 6.45) is 1.41. The van der Waals surface area contributed by atoms with Crippen molar-refractivity contribution < 1.29 is 27.5 Å². The molecule has 2 unspecified atom stereocenters. The molecule has 13 heteroatoms. The summed E-state index contributed by atoms with van der Waals surface area (Å²) in [4.78, 5) is 35.6. The molecule has 1 aromatic heterocycles. The molecule has 5 rings (SSSR count). The van der Waals surface area contributed by atoms with Gasteiger partial charge in [-0.05, 0) is 50.8 Å². The van der Waals surface area contributed by atoms with E-state index in [4.69, 9.17) is 10.00 Å². The van der Waals surface area contributed by atoms with Crippen molar-refractivity contribution in [1.82, 2.24) is 25.6 Å². The Kier molecular flexibility index (Phi) is 8.77. The molecule has 10 nitrogen and oxygen atoms in total. The van der Waals surface area contributed by atoms with Gasteiger partial charge >= 0.3 is 6.18 Å². The minimum atomic E-state index is -4.62. The number of hydrogen-bond donors (Lipinski definition) is 2. The van der Waals surface area contributed by atoms with Crippen LogP contribution in [0.5, 0.6) is 0 Å². The molecule has 0 bridgehead atoms. The number of piperazine rings is 1. The average molecular weight is 564 g/mol. The molecule has 2 N–H and O–H groups in total. The lowest BCUT2D eigenvalue weighted by atomic mass is 9.86. The van der Waals surface area contributed by atoms with Gasteiger partial charge in [0.25, 0.3) is 0 Å². The van der Waals surface area contributed by atoms with Crippen molar-refractivity contribution in [2.75, 3.05) is 50.8 Å². The van der Waals surface area contributed by atoms with Crippen molar-refractivity contribution in [3.63, 3.8) is 0 Å². The van der Waals surface area contributed by atoms with Gasteiger partial charge in [-0.1, -0.05) is 6.42 Å². The van der Waals surface area contributed by atoms with Crippen LogP contribution in [0.1, 0.15) is 44.1 Å². The second kappa shape index (κ2) is 12.3. The van der Waals surface area contributed by atoms with Crippen LogP contribution in [-0.4, -0.2) is 96.8 Å². The molecule has 4 fully saturated rings. The van der Waals surface area contributed by atoms with Crippen LogP contribution in [0.4, 0.5) is 19.0 Å². The minimum absolute atomic E-state index is 0.0287. The van der Waals surface area contributed by atoms with Crippen molar-refractivity contribution in [2.45, 2.75) is 62.9 Å². The first-order valence-corrected chi connectivity index (χ1v) is 14.1. The highest BCUT2D eigenvalue weighted by Gasteiger charge is 2.54. The number of nitrogens with zero attached hydrogens (tertiary/aromatic N) is 5. The van der Waals surface area contributed by atoms with E-state index in [0.717, 1.165) is 37.9 Å². The van der Waals surface area contributed by atoms with Gasteiger partial charge < -0.3 is 14.5 Å². The molecule has 0 aromatic carbocycles. The van der Waals surface area contributed by atoms with Crippen LogP contribution in [0.3, 0.4) is 0 Å². The number of hydrogen-bond acceptors (Lipinski definition) is 8. The molecule has 5 atom stereocenters. The normalized spacial score (nSPS) is 30.1. The summed E-state index contributed by atoms with van der Waals surface area (Å²) in [5.74, 6) is -2.31. The lowest BCUT2D eigenvalue weighted by Gasteiger charge is -2.41. The number of likely N-dealkylation sites (tertiary alicyclic amines) is 1. The number of rotatable bonds is 6. The number of alkyl halides is 3. The second-order valence-corrected chi connectivity index (χ2v) is 11.1. The number of hydrazine groups is 1. The SMILES string of the molecule is N#Cc1ccc(N2CCN(C(=O)[C@@H]3CCC[C@H](OC[C@@H]4CCCN4C4CNNC(=O)C4C(F)(F)F)C3)CC2)nc1. The zero-order valence-electron chi connectivity index (χ0n) is 22.4. The highest BCUT2D eigenvalue weighted by atomic mass is 19.4. The Morgan fingerprint density at radius 2 is 1.93 bits per heavy atom. The summed E-state index contributed by atoms with van der Waals surface area (Å²) in [5, 5.41) is 8.96. The van der Waals surface area contributed by atoms with E-state index in [1.165, 1.54) is 0 Å². The van der Waals surface area contributed by atoms with Gasteiger partial charge in [0.1, 0.15) is 11.9 Å². The molecule has 4 aliphatic rings. The smallest absolute Gasteiger partial charge is 0.377 e. The van der Waals surface area contributed by atoms with Crippen LogP contribution in [0, 0.1) is 23.2 Å². The van der Waals surface area contributed by atoms with Crippen LogP contribution >= 0.6 is 0 Å². The number of aromatic nitrogens is 1. The molecule has 1 aliphatic carbocycles. The Morgan fingerprint density at radius 1 is 1.12 bits per heavy atom. The summed E-state index contributed by atoms with van der Waals surface area (Å²) in [6.45, 7) is 3.36. The molecule has 3 saturated heterocycles. The standard InChI is InChI=1S/C27H36F3N7O3/c28-27(29,30)24-22(16-33-34-25(24)38)37-8-2-4-20(37)17-40-21-5-1-3-19(13-21)26(39)36-11-9-35(10-12-36)23-7-6-18(14-31)15-32-23/h6-7,15,19-22,24,33H,1-5,8-13,16-17H2,(H,34,38)/t19-,20+,21+,22?,24?/m1/s1. The lowest BCUT2D eigenvalue weighted by Crippen LogP contribution is -2.65. The van der Waals surface area contributed by atoms with Gasteiger partial charge in [-0.2, -0.15) is 18.4 Å². The molecular weight excluding hydrogens is 527 g/mol. The van der Waals surface area contributed by atoms with Gasteiger partial charge in [-0.25, -0.2) is 10.4 Å². The Morgan fingerprint density at radius 3 is 2.62 bits per heavy atom. The Labute approximate surface area is 231 Å². The minimum Gasteiger partial charge on any atom is -0.377 e. The van der Waals surface area contributed by atoms with Gasteiger partial charge in [0.15, 0.2) is 5.92 Å². The number of carbonyl (C=O) groups excluding carboxylic acids is 2. The van der Waals surface area contributed by atoms with Crippen molar-refractivity contribution in [1.29, 1.82) is 5.26 Å². The van der Waals surface area contributed by atoms with E-state index in [2.05, 4.69) is 26.8 Å². The zero-order chi connectivity index (χ0) is 28.3. The number of pyridine rings is 1. The summed E-state index contributed by atoms with van der Waals surface area (Å²) < 4.78 is 47.4. The maximum atomic E-state index is 13.7. The van der Waals surface area contributed by atoms with E-state index < -0.39 is 24.0 Å². The number of carbonyl (C=O) groups is 2. The molecule has 2 amide bonds. The first kappa shape index (κ1) is 28.6. The van der Waals surface area contributed by atoms with Crippen LogP contribution in [0.2, 0.25) is 0 Å². The summed E-state index contributed by atoms with van der Waals surface area (Å²) in [6, 6.07) is 4.47. The predicted octanol–water partition coefficient (Wildman–Crippen LogP) is 1.82. The first-order chi connectivity index (χ1) is 19.2.